The van der Waals surface area contributed by atoms with Crippen molar-refractivity contribution in [2.45, 2.75) is 13.8 Å². The number of ether oxygens (including phenoxy) is 1. The second-order valence-corrected chi connectivity index (χ2v) is 5.20. The molecule has 1 heterocycles. The predicted octanol–water partition coefficient (Wildman–Crippen LogP) is 3.89. The maximum atomic E-state index is 12.6. The lowest BCUT2D eigenvalue weighted by Crippen LogP contribution is -2.21. The smallest absolute Gasteiger partial charge is 0.280 e. The molecule has 0 N–H and O–H groups in total. The van der Waals surface area contributed by atoms with Gasteiger partial charge in [0.1, 0.15) is 5.75 Å². The topological polar surface area (TPSA) is 41.9 Å². The van der Waals surface area contributed by atoms with E-state index in [2.05, 4.69) is 5.10 Å². The molecule has 0 aliphatic carbocycles. The van der Waals surface area contributed by atoms with Gasteiger partial charge in [-0.15, -0.1) is 0 Å². The summed E-state index contributed by atoms with van der Waals surface area (Å²) in [6.07, 6.45) is 1.86. The molecule has 0 fully saturated rings. The highest BCUT2D eigenvalue weighted by Gasteiger charge is 2.28. The van der Waals surface area contributed by atoms with Gasteiger partial charge in [0, 0.05) is 0 Å². The van der Waals surface area contributed by atoms with Crippen LogP contribution in [0.5, 0.6) is 5.75 Å². The molecule has 1 aliphatic heterocycles. The van der Waals surface area contributed by atoms with Crippen LogP contribution in [0.25, 0.3) is 6.08 Å². The third kappa shape index (κ3) is 3.16. The molecule has 0 unspecified atom stereocenters. The van der Waals surface area contributed by atoms with Gasteiger partial charge in [-0.2, -0.15) is 10.1 Å². The van der Waals surface area contributed by atoms with E-state index < -0.39 is 0 Å². The van der Waals surface area contributed by atoms with E-state index in [0.717, 1.165) is 17.0 Å². The zero-order valence-electron chi connectivity index (χ0n) is 13.2. The molecule has 3 rings (SSSR count). The number of hydrogen-bond donors (Lipinski definition) is 0. The number of nitrogens with zero attached hydrogens (tertiary/aromatic N) is 2. The summed E-state index contributed by atoms with van der Waals surface area (Å²) in [4.78, 5) is 12.6. The van der Waals surface area contributed by atoms with E-state index in [1.165, 1.54) is 5.01 Å². The Morgan fingerprint density at radius 2 is 1.78 bits per heavy atom. The number of carbonyl (C=O) groups is 1. The van der Waals surface area contributed by atoms with Crippen molar-refractivity contribution in [1.82, 2.24) is 0 Å². The number of hydrogen-bond acceptors (Lipinski definition) is 3. The number of benzene rings is 2. The van der Waals surface area contributed by atoms with Crippen molar-refractivity contribution in [2.24, 2.45) is 5.10 Å². The SMILES string of the molecule is CCOc1ccc(/C=C2\C(=O)N(c3ccccc3)N=C2C)cc1. The summed E-state index contributed by atoms with van der Waals surface area (Å²) in [6.45, 7) is 4.43. The number of amides is 1. The zero-order chi connectivity index (χ0) is 16.2. The second-order valence-electron chi connectivity index (χ2n) is 5.20. The van der Waals surface area contributed by atoms with Gasteiger partial charge >= 0.3 is 0 Å². The Morgan fingerprint density at radius 3 is 2.43 bits per heavy atom. The molecule has 2 aromatic carbocycles. The van der Waals surface area contributed by atoms with Gasteiger partial charge in [-0.1, -0.05) is 30.3 Å². The average Bonchev–Trinajstić information content (AvgIpc) is 2.86. The number of hydrazone groups is 1. The van der Waals surface area contributed by atoms with Crippen molar-refractivity contribution in [1.29, 1.82) is 0 Å². The van der Waals surface area contributed by atoms with Crippen molar-refractivity contribution in [3.63, 3.8) is 0 Å². The number of para-hydroxylation sites is 1. The van der Waals surface area contributed by atoms with Crippen LogP contribution < -0.4 is 9.75 Å². The summed E-state index contributed by atoms with van der Waals surface area (Å²) in [5, 5.41) is 5.81. The first kappa shape index (κ1) is 15.0. The maximum absolute atomic E-state index is 12.6. The summed E-state index contributed by atoms with van der Waals surface area (Å²) in [6, 6.07) is 17.1. The Hall–Kier alpha value is -2.88. The summed E-state index contributed by atoms with van der Waals surface area (Å²) in [7, 11) is 0. The van der Waals surface area contributed by atoms with Gasteiger partial charge in [0.15, 0.2) is 0 Å². The fraction of sp³-hybridized carbons (Fsp3) is 0.158. The van der Waals surface area contributed by atoms with E-state index in [1.807, 2.05) is 74.5 Å². The van der Waals surface area contributed by atoms with Gasteiger partial charge in [0.2, 0.25) is 0 Å². The van der Waals surface area contributed by atoms with Gasteiger partial charge in [-0.25, -0.2) is 0 Å². The van der Waals surface area contributed by atoms with E-state index in [1.54, 1.807) is 0 Å². The fourth-order valence-corrected chi connectivity index (χ4v) is 2.42. The lowest BCUT2D eigenvalue weighted by atomic mass is 10.1. The van der Waals surface area contributed by atoms with E-state index in [-0.39, 0.29) is 5.91 Å². The molecule has 1 aliphatic rings. The minimum atomic E-state index is -0.109. The number of rotatable bonds is 4. The first-order chi connectivity index (χ1) is 11.2. The van der Waals surface area contributed by atoms with Gasteiger partial charge < -0.3 is 4.74 Å². The third-order valence-corrected chi connectivity index (χ3v) is 3.57. The first-order valence-electron chi connectivity index (χ1n) is 7.58. The molecule has 0 bridgehead atoms. The average molecular weight is 306 g/mol. The predicted molar refractivity (Wildman–Crippen MR) is 92.6 cm³/mol. The molecule has 2 aromatic rings. The van der Waals surface area contributed by atoms with Crippen LogP contribution in [0.1, 0.15) is 19.4 Å². The lowest BCUT2D eigenvalue weighted by molar-refractivity contribution is -0.114. The van der Waals surface area contributed by atoms with Crippen molar-refractivity contribution in [3.8, 4) is 5.75 Å². The molecule has 0 spiro atoms. The maximum Gasteiger partial charge on any atom is 0.280 e. The summed E-state index contributed by atoms with van der Waals surface area (Å²) < 4.78 is 5.43. The zero-order valence-corrected chi connectivity index (χ0v) is 13.2. The van der Waals surface area contributed by atoms with Gasteiger partial charge in [-0.3, -0.25) is 4.79 Å². The molecular formula is C19H18N2O2. The second kappa shape index (κ2) is 6.48. The largest absolute Gasteiger partial charge is 0.494 e. The highest BCUT2D eigenvalue weighted by atomic mass is 16.5. The number of carbonyl (C=O) groups excluding carboxylic acids is 1. The van der Waals surface area contributed by atoms with Gasteiger partial charge in [0.05, 0.1) is 23.6 Å². The first-order valence-corrected chi connectivity index (χ1v) is 7.58. The molecule has 1 amide bonds. The van der Waals surface area contributed by atoms with Crippen molar-refractivity contribution in [3.05, 3.63) is 65.7 Å². The summed E-state index contributed by atoms with van der Waals surface area (Å²) >= 11 is 0. The normalized spacial score (nSPS) is 15.9. The van der Waals surface area contributed by atoms with Crippen LogP contribution in [0.3, 0.4) is 0 Å². The molecule has 23 heavy (non-hydrogen) atoms. The highest BCUT2D eigenvalue weighted by molar-refractivity contribution is 6.32. The van der Waals surface area contributed by atoms with Gasteiger partial charge in [-0.05, 0) is 49.8 Å². The van der Waals surface area contributed by atoms with Crippen molar-refractivity contribution >= 4 is 23.4 Å². The number of anilines is 1. The van der Waals surface area contributed by atoms with E-state index in [4.69, 9.17) is 4.74 Å². The minimum absolute atomic E-state index is 0.109. The molecule has 0 radical (unpaired) electrons. The summed E-state index contributed by atoms with van der Waals surface area (Å²) in [5.74, 6) is 0.714. The Bertz CT molecular complexity index is 762. The molecule has 116 valence electrons. The van der Waals surface area contributed by atoms with Crippen molar-refractivity contribution in [2.75, 3.05) is 11.6 Å². The highest BCUT2D eigenvalue weighted by Crippen LogP contribution is 2.25. The molecule has 0 saturated carbocycles. The van der Waals surface area contributed by atoms with Crippen LogP contribution in [0.4, 0.5) is 5.69 Å². The van der Waals surface area contributed by atoms with Crippen LogP contribution in [0.2, 0.25) is 0 Å². The molecule has 0 atom stereocenters. The van der Waals surface area contributed by atoms with Crippen molar-refractivity contribution < 1.29 is 9.53 Å². The standard InChI is InChI=1S/C19H18N2O2/c1-3-23-17-11-9-15(10-12-17)13-18-14(2)20-21(19(18)22)16-7-5-4-6-8-16/h4-13H,3H2,1-2H3/b18-13-. The van der Waals surface area contributed by atoms with E-state index in [9.17, 15) is 4.79 Å². The van der Waals surface area contributed by atoms with Crippen LogP contribution in [-0.4, -0.2) is 18.2 Å². The van der Waals surface area contributed by atoms with E-state index in [0.29, 0.717) is 17.9 Å². The van der Waals surface area contributed by atoms with E-state index >= 15 is 0 Å². The quantitative estimate of drug-likeness (QED) is 0.804. The van der Waals surface area contributed by atoms with Crippen LogP contribution in [0, 0.1) is 0 Å². The Morgan fingerprint density at radius 1 is 1.09 bits per heavy atom. The molecule has 0 saturated heterocycles. The van der Waals surface area contributed by atoms with Crippen LogP contribution >= 0.6 is 0 Å². The molecule has 0 aromatic heterocycles. The fourth-order valence-electron chi connectivity index (χ4n) is 2.42. The minimum Gasteiger partial charge on any atom is -0.494 e. The molecular weight excluding hydrogens is 288 g/mol. The molecule has 4 heteroatoms. The molecule has 4 nitrogen and oxygen atoms in total. The lowest BCUT2D eigenvalue weighted by Gasteiger charge is -2.11. The monoisotopic (exact) mass is 306 g/mol. The van der Waals surface area contributed by atoms with Crippen LogP contribution in [-0.2, 0) is 4.79 Å². The third-order valence-electron chi connectivity index (χ3n) is 3.57. The Kier molecular flexibility index (Phi) is 4.24. The van der Waals surface area contributed by atoms with Gasteiger partial charge in [0.25, 0.3) is 5.91 Å². The Labute approximate surface area is 135 Å². The Balaban J connectivity index is 1.86. The van der Waals surface area contributed by atoms with Crippen LogP contribution in [0.15, 0.2) is 65.3 Å². The summed E-state index contributed by atoms with van der Waals surface area (Å²) in [5.41, 5.74) is 3.04.